The number of carbonyl (C=O) groups is 2. The highest BCUT2D eigenvalue weighted by atomic mass is 79.9. The first-order valence-electron chi connectivity index (χ1n) is 6.60. The number of halogens is 1. The number of rotatable bonds is 4. The zero-order chi connectivity index (χ0) is 14.9. The van der Waals surface area contributed by atoms with Crippen molar-refractivity contribution in [3.63, 3.8) is 0 Å². The number of carbonyl (C=O) groups excluding carboxylic acids is 2. The van der Waals surface area contributed by atoms with E-state index in [0.29, 0.717) is 0 Å². The van der Waals surface area contributed by atoms with E-state index in [1.807, 2.05) is 18.2 Å². The maximum Gasteiger partial charge on any atom is 0.241 e. The second-order valence-corrected chi connectivity index (χ2v) is 6.40. The normalized spacial score (nSPS) is 20.4. The van der Waals surface area contributed by atoms with Crippen LogP contribution in [0.15, 0.2) is 28.7 Å². The maximum absolute atomic E-state index is 12.3. The van der Waals surface area contributed by atoms with Crippen LogP contribution in [-0.2, 0) is 9.59 Å². The third-order valence-corrected chi connectivity index (χ3v) is 4.13. The highest BCUT2D eigenvalue weighted by Crippen LogP contribution is 2.48. The lowest BCUT2D eigenvalue weighted by Gasteiger charge is -2.19. The molecule has 2 amide bonds. The SMILES string of the molecule is CN(C)C(=O)CN(C)C(=O)[C@H]1C[C@H]1c1cccc(Br)c1. The van der Waals surface area contributed by atoms with Crippen LogP contribution in [0.4, 0.5) is 0 Å². The predicted octanol–water partition coefficient (Wildman–Crippen LogP) is 2.10. The van der Waals surface area contributed by atoms with Crippen molar-refractivity contribution in [3.05, 3.63) is 34.3 Å². The van der Waals surface area contributed by atoms with Gasteiger partial charge in [-0.25, -0.2) is 0 Å². The van der Waals surface area contributed by atoms with E-state index >= 15 is 0 Å². The minimum absolute atomic E-state index is 0.0178. The second kappa shape index (κ2) is 5.95. The number of amides is 2. The van der Waals surface area contributed by atoms with Gasteiger partial charge < -0.3 is 9.80 Å². The quantitative estimate of drug-likeness (QED) is 0.843. The Bertz CT molecular complexity index is 530. The fraction of sp³-hybridized carbons (Fsp3) is 0.467. The molecule has 4 nitrogen and oxygen atoms in total. The molecule has 0 N–H and O–H groups in total. The summed E-state index contributed by atoms with van der Waals surface area (Å²) in [6.07, 6.45) is 0.871. The van der Waals surface area contributed by atoms with Crippen LogP contribution in [0, 0.1) is 5.92 Å². The van der Waals surface area contributed by atoms with Crippen molar-refractivity contribution < 1.29 is 9.59 Å². The molecule has 2 rings (SSSR count). The zero-order valence-electron chi connectivity index (χ0n) is 12.0. The van der Waals surface area contributed by atoms with Crippen LogP contribution in [-0.4, -0.2) is 49.3 Å². The molecule has 1 saturated carbocycles. The lowest BCUT2D eigenvalue weighted by atomic mass is 10.1. The van der Waals surface area contributed by atoms with Crippen molar-refractivity contribution in [3.8, 4) is 0 Å². The summed E-state index contributed by atoms with van der Waals surface area (Å²) >= 11 is 3.45. The molecular formula is C15H19BrN2O2. The van der Waals surface area contributed by atoms with E-state index in [1.165, 1.54) is 15.4 Å². The molecular weight excluding hydrogens is 320 g/mol. The van der Waals surface area contributed by atoms with E-state index in [-0.39, 0.29) is 30.2 Å². The molecule has 1 fully saturated rings. The van der Waals surface area contributed by atoms with Gasteiger partial charge in [0.15, 0.2) is 0 Å². The molecule has 0 aliphatic heterocycles. The van der Waals surface area contributed by atoms with Crippen molar-refractivity contribution >= 4 is 27.7 Å². The molecule has 0 saturated heterocycles. The van der Waals surface area contributed by atoms with Crippen LogP contribution in [0.2, 0.25) is 0 Å². The van der Waals surface area contributed by atoms with Gasteiger partial charge in [-0.15, -0.1) is 0 Å². The average molecular weight is 339 g/mol. The minimum atomic E-state index is -0.0551. The Labute approximate surface area is 127 Å². The van der Waals surface area contributed by atoms with Gasteiger partial charge in [0.1, 0.15) is 0 Å². The molecule has 0 heterocycles. The fourth-order valence-corrected chi connectivity index (χ4v) is 2.70. The minimum Gasteiger partial charge on any atom is -0.347 e. The van der Waals surface area contributed by atoms with E-state index in [4.69, 9.17) is 0 Å². The summed E-state index contributed by atoms with van der Waals surface area (Å²) in [6, 6.07) is 8.07. The van der Waals surface area contributed by atoms with Crippen LogP contribution in [0.3, 0.4) is 0 Å². The molecule has 0 aromatic heterocycles. The Hall–Kier alpha value is -1.36. The van der Waals surface area contributed by atoms with E-state index in [0.717, 1.165) is 10.9 Å². The van der Waals surface area contributed by atoms with Gasteiger partial charge in [-0.3, -0.25) is 9.59 Å². The first-order chi connectivity index (χ1) is 9.40. The number of hydrogen-bond acceptors (Lipinski definition) is 2. The predicted molar refractivity (Wildman–Crippen MR) is 81.3 cm³/mol. The van der Waals surface area contributed by atoms with Crippen molar-refractivity contribution in [1.29, 1.82) is 0 Å². The standard InChI is InChI=1S/C15H19BrN2O2/c1-17(2)14(19)9-18(3)15(20)13-8-12(13)10-5-4-6-11(16)7-10/h4-7,12-13H,8-9H2,1-3H3/t12-,13-/m0/s1. The highest BCUT2D eigenvalue weighted by molar-refractivity contribution is 9.10. The summed E-state index contributed by atoms with van der Waals surface area (Å²) in [7, 11) is 5.09. The second-order valence-electron chi connectivity index (χ2n) is 5.49. The molecule has 5 heteroatoms. The van der Waals surface area contributed by atoms with Crippen molar-refractivity contribution in [2.45, 2.75) is 12.3 Å². The Kier molecular flexibility index (Phi) is 4.48. The van der Waals surface area contributed by atoms with Crippen LogP contribution in [0.5, 0.6) is 0 Å². The molecule has 0 unspecified atom stereocenters. The number of hydrogen-bond donors (Lipinski definition) is 0. The summed E-state index contributed by atoms with van der Waals surface area (Å²) in [6.45, 7) is 0.146. The van der Waals surface area contributed by atoms with Gasteiger partial charge in [0.25, 0.3) is 0 Å². The summed E-state index contributed by atoms with van der Waals surface area (Å²) in [4.78, 5) is 26.9. The molecule has 2 atom stereocenters. The van der Waals surface area contributed by atoms with Crippen molar-refractivity contribution in [2.24, 2.45) is 5.92 Å². The van der Waals surface area contributed by atoms with Gasteiger partial charge in [-0.1, -0.05) is 28.1 Å². The molecule has 0 spiro atoms. The summed E-state index contributed by atoms with van der Waals surface area (Å²) in [5.74, 6) is 0.312. The summed E-state index contributed by atoms with van der Waals surface area (Å²) in [5.41, 5.74) is 1.19. The van der Waals surface area contributed by atoms with Gasteiger partial charge in [0.2, 0.25) is 11.8 Å². The first kappa shape index (κ1) is 15.0. The monoisotopic (exact) mass is 338 g/mol. The third kappa shape index (κ3) is 3.39. The van der Waals surface area contributed by atoms with Gasteiger partial charge in [0.05, 0.1) is 6.54 Å². The van der Waals surface area contributed by atoms with Crippen LogP contribution in [0.25, 0.3) is 0 Å². The molecule has 1 aromatic carbocycles. The number of nitrogens with zero attached hydrogens (tertiary/aromatic N) is 2. The molecule has 1 aliphatic carbocycles. The topological polar surface area (TPSA) is 40.6 Å². The zero-order valence-corrected chi connectivity index (χ0v) is 13.6. The van der Waals surface area contributed by atoms with Crippen LogP contribution >= 0.6 is 15.9 Å². The van der Waals surface area contributed by atoms with Gasteiger partial charge in [0, 0.05) is 31.5 Å². The molecule has 1 aromatic rings. The Balaban J connectivity index is 1.94. The number of benzene rings is 1. The van der Waals surface area contributed by atoms with Crippen molar-refractivity contribution in [2.75, 3.05) is 27.7 Å². The molecule has 108 valence electrons. The van der Waals surface area contributed by atoms with Crippen molar-refractivity contribution in [1.82, 2.24) is 9.80 Å². The Morgan fingerprint density at radius 2 is 2.00 bits per heavy atom. The largest absolute Gasteiger partial charge is 0.347 e. The Morgan fingerprint density at radius 3 is 2.60 bits per heavy atom. The van der Waals surface area contributed by atoms with Gasteiger partial charge in [-0.2, -0.15) is 0 Å². The molecule has 0 radical (unpaired) electrons. The molecule has 0 bridgehead atoms. The van der Waals surface area contributed by atoms with E-state index in [9.17, 15) is 9.59 Å². The highest BCUT2D eigenvalue weighted by Gasteiger charge is 2.45. The van der Waals surface area contributed by atoms with Crippen LogP contribution in [0.1, 0.15) is 17.9 Å². The maximum atomic E-state index is 12.3. The third-order valence-electron chi connectivity index (χ3n) is 3.63. The summed E-state index contributed by atoms with van der Waals surface area (Å²) < 4.78 is 1.03. The first-order valence-corrected chi connectivity index (χ1v) is 7.40. The van der Waals surface area contributed by atoms with Gasteiger partial charge >= 0.3 is 0 Å². The Morgan fingerprint density at radius 1 is 1.30 bits per heavy atom. The van der Waals surface area contributed by atoms with E-state index in [2.05, 4.69) is 22.0 Å². The summed E-state index contributed by atoms with van der Waals surface area (Å²) in [5, 5.41) is 0. The number of likely N-dealkylation sites (N-methyl/N-ethyl adjacent to an activating group) is 2. The van der Waals surface area contributed by atoms with E-state index in [1.54, 1.807) is 21.1 Å². The molecule has 20 heavy (non-hydrogen) atoms. The van der Waals surface area contributed by atoms with E-state index < -0.39 is 0 Å². The van der Waals surface area contributed by atoms with Crippen LogP contribution < -0.4 is 0 Å². The average Bonchev–Trinajstić information content (AvgIpc) is 3.17. The lowest BCUT2D eigenvalue weighted by Crippen LogP contribution is -2.38. The molecule has 1 aliphatic rings. The smallest absolute Gasteiger partial charge is 0.241 e. The van der Waals surface area contributed by atoms with Gasteiger partial charge in [-0.05, 0) is 30.0 Å². The lowest BCUT2D eigenvalue weighted by molar-refractivity contribution is -0.138. The fourth-order valence-electron chi connectivity index (χ4n) is 2.28.